The molecule has 1 aliphatic heterocycles. The Balaban J connectivity index is 2.13. The molecule has 1 saturated heterocycles. The van der Waals surface area contributed by atoms with Gasteiger partial charge in [-0.15, -0.1) is 11.6 Å². The zero-order chi connectivity index (χ0) is 10.7. The fourth-order valence-corrected chi connectivity index (χ4v) is 2.26. The van der Waals surface area contributed by atoms with E-state index >= 15 is 0 Å². The molecule has 82 valence electrons. The van der Waals surface area contributed by atoms with Crippen LogP contribution in [0.5, 0.6) is 0 Å². The molecule has 1 fully saturated rings. The molecule has 0 spiro atoms. The number of hydrogen-bond acceptors (Lipinski definition) is 2. The van der Waals surface area contributed by atoms with Crippen LogP contribution >= 0.6 is 11.6 Å². The molecule has 0 saturated carbocycles. The topological polar surface area (TPSA) is 16.1 Å². The number of alkyl halides is 1. The molecule has 2 rings (SSSR count). The second-order valence-corrected chi connectivity index (χ2v) is 4.46. The first kappa shape index (κ1) is 10.7. The van der Waals surface area contributed by atoms with Crippen molar-refractivity contribution in [2.75, 3.05) is 11.4 Å². The third-order valence-electron chi connectivity index (χ3n) is 3.06. The first-order valence-corrected chi connectivity index (χ1v) is 6.12. The second kappa shape index (κ2) is 4.84. The van der Waals surface area contributed by atoms with Crippen molar-refractivity contribution in [2.45, 2.75) is 38.1 Å². The van der Waals surface area contributed by atoms with Gasteiger partial charge in [0.05, 0.1) is 0 Å². The molecule has 2 heterocycles. The molecule has 2 nitrogen and oxygen atoms in total. The van der Waals surface area contributed by atoms with Gasteiger partial charge in [0.1, 0.15) is 5.82 Å². The van der Waals surface area contributed by atoms with Gasteiger partial charge in [-0.3, -0.25) is 0 Å². The number of piperidine rings is 1. The minimum atomic E-state index is 0.544. The summed E-state index contributed by atoms with van der Waals surface area (Å²) in [6.45, 7) is 3.41. The molecule has 0 aliphatic carbocycles. The largest absolute Gasteiger partial charge is 0.354 e. The molecule has 1 aliphatic rings. The number of hydrogen-bond donors (Lipinski definition) is 0. The van der Waals surface area contributed by atoms with Gasteiger partial charge in [-0.25, -0.2) is 4.98 Å². The average molecular weight is 225 g/mol. The molecular weight excluding hydrogens is 208 g/mol. The third kappa shape index (κ3) is 2.43. The van der Waals surface area contributed by atoms with Crippen LogP contribution in [-0.4, -0.2) is 17.6 Å². The summed E-state index contributed by atoms with van der Waals surface area (Å²) in [5.74, 6) is 1.64. The summed E-state index contributed by atoms with van der Waals surface area (Å²) in [7, 11) is 0. The van der Waals surface area contributed by atoms with E-state index < -0.39 is 0 Å². The molecule has 1 unspecified atom stereocenters. The van der Waals surface area contributed by atoms with Gasteiger partial charge in [-0.05, 0) is 37.8 Å². The van der Waals surface area contributed by atoms with Crippen molar-refractivity contribution >= 4 is 17.4 Å². The lowest BCUT2D eigenvalue weighted by molar-refractivity contribution is 0.481. The Morgan fingerprint density at radius 3 is 2.93 bits per heavy atom. The number of halogens is 1. The predicted molar refractivity (Wildman–Crippen MR) is 64.5 cm³/mol. The van der Waals surface area contributed by atoms with E-state index in [-0.39, 0.29) is 0 Å². The Morgan fingerprint density at radius 2 is 2.33 bits per heavy atom. The lowest BCUT2D eigenvalue weighted by Crippen LogP contribution is -2.37. The quantitative estimate of drug-likeness (QED) is 0.718. The first-order chi connectivity index (χ1) is 7.31. The first-order valence-electron chi connectivity index (χ1n) is 5.59. The van der Waals surface area contributed by atoms with E-state index in [1.165, 1.54) is 19.3 Å². The Bertz CT molecular complexity index is 310. The van der Waals surface area contributed by atoms with Gasteiger partial charge in [0, 0.05) is 24.7 Å². The van der Waals surface area contributed by atoms with E-state index in [9.17, 15) is 0 Å². The lowest BCUT2D eigenvalue weighted by atomic mass is 10.0. The summed E-state index contributed by atoms with van der Waals surface area (Å²) in [4.78, 5) is 6.86. The number of rotatable bonds is 2. The SMILES string of the molecule is CC1CCCCN1c1ccc(CCl)cn1. The minimum absolute atomic E-state index is 0.544. The van der Waals surface area contributed by atoms with Gasteiger partial charge in [0.25, 0.3) is 0 Å². The highest BCUT2D eigenvalue weighted by Gasteiger charge is 2.18. The second-order valence-electron chi connectivity index (χ2n) is 4.20. The van der Waals surface area contributed by atoms with Crippen LogP contribution in [0.25, 0.3) is 0 Å². The summed E-state index contributed by atoms with van der Waals surface area (Å²) in [6, 6.07) is 4.77. The molecule has 3 heteroatoms. The van der Waals surface area contributed by atoms with Gasteiger partial charge < -0.3 is 4.90 Å². The smallest absolute Gasteiger partial charge is 0.128 e. The van der Waals surface area contributed by atoms with Crippen LogP contribution in [0.3, 0.4) is 0 Å². The van der Waals surface area contributed by atoms with Gasteiger partial charge in [0.15, 0.2) is 0 Å². The fraction of sp³-hybridized carbons (Fsp3) is 0.583. The van der Waals surface area contributed by atoms with Crippen molar-refractivity contribution in [3.05, 3.63) is 23.9 Å². The van der Waals surface area contributed by atoms with Crippen LogP contribution in [0.2, 0.25) is 0 Å². The van der Waals surface area contributed by atoms with E-state index in [1.54, 1.807) is 0 Å². The van der Waals surface area contributed by atoms with E-state index in [4.69, 9.17) is 11.6 Å². The number of anilines is 1. The summed E-state index contributed by atoms with van der Waals surface area (Å²) in [6.07, 6.45) is 5.78. The molecular formula is C12H17ClN2. The Kier molecular flexibility index (Phi) is 3.47. The molecule has 15 heavy (non-hydrogen) atoms. The van der Waals surface area contributed by atoms with Crippen molar-refractivity contribution < 1.29 is 0 Å². The highest BCUT2D eigenvalue weighted by molar-refractivity contribution is 6.17. The van der Waals surface area contributed by atoms with Gasteiger partial charge in [-0.2, -0.15) is 0 Å². The van der Waals surface area contributed by atoms with Crippen LogP contribution in [0.15, 0.2) is 18.3 Å². The fourth-order valence-electron chi connectivity index (χ4n) is 2.10. The molecule has 0 radical (unpaired) electrons. The van der Waals surface area contributed by atoms with E-state index in [0.29, 0.717) is 11.9 Å². The summed E-state index contributed by atoms with van der Waals surface area (Å²) in [5, 5.41) is 0. The normalized spacial score (nSPS) is 21.7. The molecule has 1 atom stereocenters. The summed E-state index contributed by atoms with van der Waals surface area (Å²) < 4.78 is 0. The van der Waals surface area contributed by atoms with E-state index in [0.717, 1.165) is 17.9 Å². The molecule has 0 bridgehead atoms. The molecule has 0 amide bonds. The monoisotopic (exact) mass is 224 g/mol. The Hall–Kier alpha value is -0.760. The number of pyridine rings is 1. The molecule has 1 aromatic heterocycles. The van der Waals surface area contributed by atoms with Crippen LogP contribution < -0.4 is 4.90 Å². The van der Waals surface area contributed by atoms with Gasteiger partial charge in [0.2, 0.25) is 0 Å². The molecule has 1 aromatic rings. The van der Waals surface area contributed by atoms with Crippen molar-refractivity contribution in [3.8, 4) is 0 Å². The minimum Gasteiger partial charge on any atom is -0.354 e. The van der Waals surface area contributed by atoms with Gasteiger partial charge in [-0.1, -0.05) is 6.07 Å². The highest BCUT2D eigenvalue weighted by Crippen LogP contribution is 2.22. The standard InChI is InChI=1S/C12H17ClN2/c1-10-4-2-3-7-15(10)12-6-5-11(8-13)9-14-12/h5-6,9-10H,2-4,7-8H2,1H3. The van der Waals surface area contributed by atoms with Crippen LogP contribution in [0.4, 0.5) is 5.82 Å². The maximum atomic E-state index is 5.74. The zero-order valence-corrected chi connectivity index (χ0v) is 9.87. The van der Waals surface area contributed by atoms with Crippen molar-refractivity contribution in [1.29, 1.82) is 0 Å². The molecule has 0 N–H and O–H groups in total. The van der Waals surface area contributed by atoms with Gasteiger partial charge >= 0.3 is 0 Å². The van der Waals surface area contributed by atoms with Crippen molar-refractivity contribution in [2.24, 2.45) is 0 Å². The Morgan fingerprint density at radius 1 is 1.47 bits per heavy atom. The third-order valence-corrected chi connectivity index (χ3v) is 3.37. The summed E-state index contributed by atoms with van der Waals surface area (Å²) >= 11 is 5.74. The van der Waals surface area contributed by atoms with Crippen molar-refractivity contribution in [1.82, 2.24) is 4.98 Å². The number of nitrogens with zero attached hydrogens (tertiary/aromatic N) is 2. The lowest BCUT2D eigenvalue weighted by Gasteiger charge is -2.34. The predicted octanol–water partition coefficient (Wildman–Crippen LogP) is 3.20. The van der Waals surface area contributed by atoms with Crippen LogP contribution in [-0.2, 0) is 5.88 Å². The van der Waals surface area contributed by atoms with Crippen LogP contribution in [0.1, 0.15) is 31.7 Å². The molecule has 0 aromatic carbocycles. The van der Waals surface area contributed by atoms with Crippen molar-refractivity contribution in [3.63, 3.8) is 0 Å². The highest BCUT2D eigenvalue weighted by atomic mass is 35.5. The van der Waals surface area contributed by atoms with Crippen LogP contribution in [0, 0.1) is 0 Å². The zero-order valence-electron chi connectivity index (χ0n) is 9.12. The maximum Gasteiger partial charge on any atom is 0.128 e. The van der Waals surface area contributed by atoms with E-state index in [1.807, 2.05) is 6.20 Å². The Labute approximate surface area is 96.3 Å². The maximum absolute atomic E-state index is 5.74. The summed E-state index contributed by atoms with van der Waals surface area (Å²) in [5.41, 5.74) is 1.09. The number of aromatic nitrogens is 1. The van der Waals surface area contributed by atoms with E-state index in [2.05, 4.69) is 28.9 Å². The average Bonchev–Trinajstić information content (AvgIpc) is 2.30.